The number of fused-ring (bicyclic) bond motifs is 1. The molecule has 1 aliphatic carbocycles. The van der Waals surface area contributed by atoms with E-state index in [9.17, 15) is 39.6 Å². The van der Waals surface area contributed by atoms with Crippen molar-refractivity contribution in [3.63, 3.8) is 0 Å². The minimum absolute atomic E-state index is 0.0690. The van der Waals surface area contributed by atoms with Crippen LogP contribution in [0.25, 0.3) is 6.08 Å². The van der Waals surface area contributed by atoms with Gasteiger partial charge in [-0.25, -0.2) is 13.1 Å². The molecular weight excluding hydrogens is 472 g/mol. The molecule has 3 rings (SSSR count). The van der Waals surface area contributed by atoms with E-state index < -0.39 is 44.4 Å². The molecule has 2 aromatic rings. The van der Waals surface area contributed by atoms with Crippen LogP contribution in [0.1, 0.15) is 53.6 Å². The van der Waals surface area contributed by atoms with Crippen LogP contribution in [-0.2, 0) is 33.6 Å². The van der Waals surface area contributed by atoms with Crippen LogP contribution in [0.15, 0.2) is 47.4 Å². The van der Waals surface area contributed by atoms with Crippen LogP contribution < -0.4 is 4.72 Å². The molecule has 0 saturated heterocycles. The lowest BCUT2D eigenvalue weighted by atomic mass is 10.0. The summed E-state index contributed by atoms with van der Waals surface area (Å²) >= 11 is 0. The largest absolute Gasteiger partial charge is 0.416 e. The van der Waals surface area contributed by atoms with E-state index in [1.165, 1.54) is 6.08 Å². The number of sulfonamides is 1. The van der Waals surface area contributed by atoms with Gasteiger partial charge in [0, 0.05) is 12.5 Å². The van der Waals surface area contributed by atoms with E-state index in [2.05, 4.69) is 4.72 Å². The van der Waals surface area contributed by atoms with Gasteiger partial charge in [-0.05, 0) is 53.8 Å². The van der Waals surface area contributed by atoms with Gasteiger partial charge in [-0.3, -0.25) is 4.79 Å². The minimum Gasteiger partial charge on any atom is -0.295 e. The molecule has 178 valence electrons. The van der Waals surface area contributed by atoms with Gasteiger partial charge in [0.05, 0.1) is 16.0 Å². The van der Waals surface area contributed by atoms with Crippen LogP contribution in [0.5, 0.6) is 0 Å². The van der Waals surface area contributed by atoms with Crippen LogP contribution in [0.3, 0.4) is 0 Å². The fraction of sp³-hybridized carbons (Fsp3) is 0.318. The van der Waals surface area contributed by atoms with E-state index in [0.717, 1.165) is 5.56 Å². The first-order valence-electron chi connectivity index (χ1n) is 9.86. The van der Waals surface area contributed by atoms with E-state index in [4.69, 9.17) is 0 Å². The summed E-state index contributed by atoms with van der Waals surface area (Å²) in [6, 6.07) is 4.47. The highest BCUT2D eigenvalue weighted by Crippen LogP contribution is 2.38. The number of hydrogen-bond acceptors (Lipinski definition) is 3. The van der Waals surface area contributed by atoms with Crippen LogP contribution in [0, 0.1) is 0 Å². The van der Waals surface area contributed by atoms with Gasteiger partial charge in [0.1, 0.15) is 0 Å². The monoisotopic (exact) mass is 491 g/mol. The highest BCUT2D eigenvalue weighted by atomic mass is 32.2. The molecule has 4 nitrogen and oxygen atoms in total. The maximum atomic E-state index is 13.1. The number of alkyl halides is 6. The Bertz CT molecular complexity index is 1170. The summed E-state index contributed by atoms with van der Waals surface area (Å²) in [6.45, 7) is 1.72. The maximum Gasteiger partial charge on any atom is 0.416 e. The molecule has 0 saturated carbocycles. The van der Waals surface area contributed by atoms with Gasteiger partial charge in [0.25, 0.3) is 0 Å². The summed E-state index contributed by atoms with van der Waals surface area (Å²) in [6.07, 6.45) is -6.21. The summed E-state index contributed by atoms with van der Waals surface area (Å²) in [4.78, 5) is 10.3. The predicted molar refractivity (Wildman–Crippen MR) is 109 cm³/mol. The fourth-order valence-electron chi connectivity index (χ4n) is 3.51. The van der Waals surface area contributed by atoms with Crippen molar-refractivity contribution in [2.24, 2.45) is 0 Å². The Balaban J connectivity index is 1.91. The molecule has 0 spiro atoms. The molecule has 1 unspecified atom stereocenters. The average Bonchev–Trinajstić information content (AvgIpc) is 3.11. The molecule has 0 aromatic heterocycles. The van der Waals surface area contributed by atoms with E-state index in [1.807, 2.05) is 0 Å². The summed E-state index contributed by atoms with van der Waals surface area (Å²) in [5, 5.41) is 0. The third kappa shape index (κ3) is 5.83. The lowest BCUT2D eigenvalue weighted by Crippen LogP contribution is -2.28. The van der Waals surface area contributed by atoms with Gasteiger partial charge < -0.3 is 0 Å². The Morgan fingerprint density at radius 3 is 2.18 bits per heavy atom. The molecule has 1 N–H and O–H groups in total. The number of aryl methyl sites for hydroxylation is 1. The Hall–Kier alpha value is -2.66. The Labute approximate surface area is 186 Å². The Kier molecular flexibility index (Phi) is 6.77. The van der Waals surface area contributed by atoms with Crippen molar-refractivity contribution in [3.05, 3.63) is 70.3 Å². The third-order valence-electron chi connectivity index (χ3n) is 5.22. The number of allylic oxidation sites excluding steroid dienone is 1. The normalized spacial score (nSPS) is 16.9. The fourth-order valence-corrected chi connectivity index (χ4v) is 4.83. The number of hydrogen-bond donors (Lipinski definition) is 1. The summed E-state index contributed by atoms with van der Waals surface area (Å²) in [5.74, 6) is -0.0690. The van der Waals surface area contributed by atoms with Gasteiger partial charge in [-0.2, -0.15) is 26.3 Å². The summed E-state index contributed by atoms with van der Waals surface area (Å²) in [7, 11) is -4.70. The number of nitrogens with one attached hydrogen (secondary N) is 1. The van der Waals surface area contributed by atoms with Crippen molar-refractivity contribution in [1.82, 2.24) is 4.72 Å². The first kappa shape index (κ1) is 25.0. The van der Waals surface area contributed by atoms with Crippen molar-refractivity contribution in [2.45, 2.75) is 49.5 Å². The number of halogens is 6. The third-order valence-corrected chi connectivity index (χ3v) is 6.67. The lowest BCUT2D eigenvalue weighted by molar-refractivity contribution is -0.143. The Morgan fingerprint density at radius 2 is 1.64 bits per heavy atom. The molecule has 0 amide bonds. The second-order valence-corrected chi connectivity index (χ2v) is 9.28. The smallest absolute Gasteiger partial charge is 0.295 e. The standard InChI is InChI=1S/C22H19F6NO3S/c1-2-17(30)6-3-13-4-7-19-14(9-13)5-8-20(19)29-33(31,32)18-11-15(21(23,24)25)10-16(12-18)22(26,27)28/h3-4,6-7,9-12,20,29H,2,5,8H2,1H3/b6-3+. The van der Waals surface area contributed by atoms with E-state index in [1.54, 1.807) is 31.2 Å². The highest BCUT2D eigenvalue weighted by Gasteiger charge is 2.39. The van der Waals surface area contributed by atoms with Crippen LogP contribution >= 0.6 is 0 Å². The first-order chi connectivity index (χ1) is 15.2. The van der Waals surface area contributed by atoms with Gasteiger partial charge >= 0.3 is 12.4 Å². The average molecular weight is 491 g/mol. The zero-order valence-corrected chi connectivity index (χ0v) is 18.0. The van der Waals surface area contributed by atoms with Gasteiger partial charge in [0.2, 0.25) is 10.0 Å². The van der Waals surface area contributed by atoms with E-state index in [-0.39, 0.29) is 30.4 Å². The molecule has 0 heterocycles. The minimum atomic E-state index is -5.16. The number of benzene rings is 2. The molecule has 0 bridgehead atoms. The van der Waals surface area contributed by atoms with Crippen molar-refractivity contribution in [2.75, 3.05) is 0 Å². The first-order valence-corrected chi connectivity index (χ1v) is 11.3. The predicted octanol–water partition coefficient (Wildman–Crippen LogP) is 5.68. The number of ketones is 1. The number of rotatable bonds is 6. The summed E-state index contributed by atoms with van der Waals surface area (Å²) < 4.78 is 106. The van der Waals surface area contributed by atoms with Gasteiger partial charge in [0.15, 0.2) is 5.78 Å². The summed E-state index contributed by atoms with van der Waals surface area (Å²) in [5.41, 5.74) is -1.36. The number of carbonyl (C=O) groups excluding carboxylic acids is 1. The molecule has 0 aliphatic heterocycles. The van der Waals surface area contributed by atoms with E-state index >= 15 is 0 Å². The maximum absolute atomic E-state index is 13.1. The SMILES string of the molecule is CCC(=O)/C=C/c1ccc2c(c1)CCC2NS(=O)(=O)c1cc(C(F)(F)F)cc(C(F)(F)F)c1. The second kappa shape index (κ2) is 8.94. The molecule has 1 aliphatic rings. The van der Waals surface area contributed by atoms with E-state index in [0.29, 0.717) is 24.0 Å². The lowest BCUT2D eigenvalue weighted by Gasteiger charge is -2.17. The second-order valence-electron chi connectivity index (χ2n) is 7.57. The van der Waals surface area contributed by atoms with Crippen molar-refractivity contribution in [3.8, 4) is 0 Å². The molecule has 1 atom stereocenters. The van der Waals surface area contributed by atoms with Gasteiger partial charge in [-0.1, -0.05) is 31.2 Å². The van der Waals surface area contributed by atoms with Crippen LogP contribution in [-0.4, -0.2) is 14.2 Å². The molecule has 0 fully saturated rings. The number of carbonyl (C=O) groups is 1. The molecule has 2 aromatic carbocycles. The quantitative estimate of drug-likeness (QED) is 0.418. The molecule has 33 heavy (non-hydrogen) atoms. The molecular formula is C22H19F6NO3S. The Morgan fingerprint density at radius 1 is 1.03 bits per heavy atom. The zero-order chi connectivity index (χ0) is 24.6. The van der Waals surface area contributed by atoms with Crippen molar-refractivity contribution >= 4 is 21.9 Å². The van der Waals surface area contributed by atoms with Crippen molar-refractivity contribution in [1.29, 1.82) is 0 Å². The van der Waals surface area contributed by atoms with Crippen LogP contribution in [0.2, 0.25) is 0 Å². The van der Waals surface area contributed by atoms with Gasteiger partial charge in [-0.15, -0.1) is 0 Å². The molecule has 11 heteroatoms. The zero-order valence-electron chi connectivity index (χ0n) is 17.2. The topological polar surface area (TPSA) is 63.2 Å². The molecule has 0 radical (unpaired) electrons. The van der Waals surface area contributed by atoms with Crippen LogP contribution in [0.4, 0.5) is 26.3 Å². The highest BCUT2D eigenvalue weighted by molar-refractivity contribution is 7.89. The van der Waals surface area contributed by atoms with Crippen molar-refractivity contribution < 1.29 is 39.6 Å².